The normalized spacial score (nSPS) is 20.5. The molecule has 1 aromatic heterocycles. The van der Waals surface area contributed by atoms with Crippen LogP contribution in [0.4, 0.5) is 19.0 Å². The van der Waals surface area contributed by atoms with Crippen molar-refractivity contribution in [3.63, 3.8) is 0 Å². The number of amidine groups is 1. The van der Waals surface area contributed by atoms with E-state index in [9.17, 15) is 18.0 Å². The van der Waals surface area contributed by atoms with Gasteiger partial charge in [-0.25, -0.2) is 15.3 Å². The zero-order chi connectivity index (χ0) is 17.4. The molecule has 0 saturated carbocycles. The molecule has 0 spiro atoms. The third kappa shape index (κ3) is 2.70. The van der Waals surface area contributed by atoms with Gasteiger partial charge in [0.05, 0.1) is 5.69 Å². The number of hydrogen-bond donors (Lipinski definition) is 2. The lowest BCUT2D eigenvalue weighted by molar-refractivity contribution is -0.372. The van der Waals surface area contributed by atoms with Crippen LogP contribution in [0.1, 0.15) is 11.3 Å². The maximum absolute atomic E-state index is 13.7. The van der Waals surface area contributed by atoms with Crippen molar-refractivity contribution >= 4 is 17.6 Å². The Morgan fingerprint density at radius 2 is 1.83 bits per heavy atom. The van der Waals surface area contributed by atoms with Gasteiger partial charge in [0.1, 0.15) is 5.84 Å². The van der Waals surface area contributed by atoms with Crippen LogP contribution < -0.4 is 15.6 Å². The number of carbonyl (C=O) groups is 1. The van der Waals surface area contributed by atoms with E-state index in [1.165, 1.54) is 6.07 Å². The number of aromatic amines is 1. The summed E-state index contributed by atoms with van der Waals surface area (Å²) in [5.41, 5.74) is -2.04. The Bertz CT molecular complexity index is 804. The fraction of sp³-hybridized carbons (Fsp3) is 0.188. The van der Waals surface area contributed by atoms with Crippen molar-refractivity contribution in [1.82, 2.24) is 5.32 Å². The minimum Gasteiger partial charge on any atom is -0.304 e. The van der Waals surface area contributed by atoms with Crippen molar-refractivity contribution in [1.29, 1.82) is 0 Å². The van der Waals surface area contributed by atoms with E-state index in [4.69, 9.17) is 0 Å². The summed E-state index contributed by atoms with van der Waals surface area (Å²) in [5.74, 6) is -1.36. The highest BCUT2D eigenvalue weighted by Gasteiger charge is 2.68. The molecular formula is C16H14F3N4O+. The summed E-state index contributed by atoms with van der Waals surface area (Å²) >= 11 is 0. The largest absolute Gasteiger partial charge is 0.464 e. The Labute approximate surface area is 135 Å². The van der Waals surface area contributed by atoms with E-state index in [0.29, 0.717) is 11.3 Å². The molecule has 0 bridgehead atoms. The van der Waals surface area contributed by atoms with E-state index >= 15 is 0 Å². The summed E-state index contributed by atoms with van der Waals surface area (Å²) in [5, 5.41) is 4.42. The maximum Gasteiger partial charge on any atom is 0.464 e. The van der Waals surface area contributed by atoms with Crippen molar-refractivity contribution in [3.05, 3.63) is 59.8 Å². The second-order valence-electron chi connectivity index (χ2n) is 5.36. The monoisotopic (exact) mass is 335 g/mol. The minimum atomic E-state index is -4.93. The molecule has 5 nitrogen and oxygen atoms in total. The van der Waals surface area contributed by atoms with Gasteiger partial charge in [0, 0.05) is 11.6 Å². The molecule has 8 heteroatoms. The fourth-order valence-electron chi connectivity index (χ4n) is 2.38. The molecule has 1 aromatic carbocycles. The Morgan fingerprint density at radius 1 is 1.12 bits per heavy atom. The van der Waals surface area contributed by atoms with Crippen LogP contribution in [0.5, 0.6) is 0 Å². The summed E-state index contributed by atoms with van der Waals surface area (Å²) in [6.45, 7) is 1.69. The van der Waals surface area contributed by atoms with Gasteiger partial charge >= 0.3 is 17.7 Å². The van der Waals surface area contributed by atoms with Gasteiger partial charge in [0.2, 0.25) is 0 Å². The molecule has 0 fully saturated rings. The number of anilines is 1. The molecule has 1 aliphatic heterocycles. The number of amides is 1. The molecule has 124 valence electrons. The SMILES string of the molecule is Cc1cccc(N[C@@]2(C(F)(F)F)N=C(c3ccccc3)NC2=O)[nH+]1. The molecular weight excluding hydrogens is 321 g/mol. The van der Waals surface area contributed by atoms with Gasteiger partial charge in [-0.3, -0.25) is 4.79 Å². The first-order valence-corrected chi connectivity index (χ1v) is 7.12. The van der Waals surface area contributed by atoms with E-state index in [1.807, 2.05) is 0 Å². The average Bonchev–Trinajstić information content (AvgIpc) is 2.86. The number of alkyl halides is 3. The zero-order valence-electron chi connectivity index (χ0n) is 12.6. The highest BCUT2D eigenvalue weighted by Crippen LogP contribution is 2.37. The lowest BCUT2D eigenvalue weighted by atomic mass is 10.1. The van der Waals surface area contributed by atoms with Crippen molar-refractivity contribution in [2.45, 2.75) is 18.8 Å². The van der Waals surface area contributed by atoms with Crippen LogP contribution in [0.3, 0.4) is 0 Å². The maximum atomic E-state index is 13.7. The Balaban J connectivity index is 2.06. The molecule has 1 atom stereocenters. The van der Waals surface area contributed by atoms with Crippen molar-refractivity contribution in [3.8, 4) is 0 Å². The van der Waals surface area contributed by atoms with Crippen LogP contribution in [-0.4, -0.2) is 23.6 Å². The van der Waals surface area contributed by atoms with Gasteiger partial charge in [-0.15, -0.1) is 0 Å². The molecule has 24 heavy (non-hydrogen) atoms. The van der Waals surface area contributed by atoms with Crippen LogP contribution in [0.15, 0.2) is 53.5 Å². The quantitative estimate of drug-likeness (QED) is 0.901. The van der Waals surface area contributed by atoms with E-state index in [1.54, 1.807) is 49.4 Å². The van der Waals surface area contributed by atoms with Gasteiger partial charge < -0.3 is 5.32 Å². The number of aryl methyl sites for hydroxylation is 1. The van der Waals surface area contributed by atoms with Crippen LogP contribution in [0.2, 0.25) is 0 Å². The number of carbonyl (C=O) groups excluding carboxylic acids is 1. The van der Waals surface area contributed by atoms with E-state index in [0.717, 1.165) is 0 Å². The third-order valence-electron chi connectivity index (χ3n) is 3.55. The van der Waals surface area contributed by atoms with Crippen LogP contribution in [-0.2, 0) is 4.79 Å². The molecule has 3 N–H and O–H groups in total. The Kier molecular flexibility index (Phi) is 3.75. The number of nitrogens with zero attached hydrogens (tertiary/aromatic N) is 1. The predicted molar refractivity (Wildman–Crippen MR) is 81.3 cm³/mol. The fourth-order valence-corrected chi connectivity index (χ4v) is 2.38. The van der Waals surface area contributed by atoms with E-state index in [-0.39, 0.29) is 11.7 Å². The predicted octanol–water partition coefficient (Wildman–Crippen LogP) is 2.06. The summed E-state index contributed by atoms with van der Waals surface area (Å²) in [6, 6.07) is 12.8. The number of pyridine rings is 1. The third-order valence-corrected chi connectivity index (χ3v) is 3.55. The Hall–Kier alpha value is -2.90. The Morgan fingerprint density at radius 3 is 2.46 bits per heavy atom. The number of rotatable bonds is 3. The van der Waals surface area contributed by atoms with E-state index in [2.05, 4.69) is 20.6 Å². The molecule has 0 saturated heterocycles. The smallest absolute Gasteiger partial charge is 0.304 e. The second-order valence-corrected chi connectivity index (χ2v) is 5.36. The topological polar surface area (TPSA) is 67.6 Å². The first kappa shape index (κ1) is 16.0. The van der Waals surface area contributed by atoms with Crippen molar-refractivity contribution < 1.29 is 22.9 Å². The number of H-pyrrole nitrogens is 1. The average molecular weight is 335 g/mol. The zero-order valence-corrected chi connectivity index (χ0v) is 12.6. The number of halogens is 3. The first-order chi connectivity index (χ1) is 11.3. The highest BCUT2D eigenvalue weighted by atomic mass is 19.4. The van der Waals surface area contributed by atoms with Crippen molar-refractivity contribution in [2.24, 2.45) is 4.99 Å². The van der Waals surface area contributed by atoms with Gasteiger partial charge in [-0.1, -0.05) is 36.4 Å². The molecule has 0 unspecified atom stereocenters. The molecule has 0 aliphatic carbocycles. The lowest BCUT2D eigenvalue weighted by Gasteiger charge is -2.22. The standard InChI is InChI=1S/C16H13F3N4O/c1-10-6-5-9-12(20-10)22-15(16(17,18)19)14(24)21-13(23-15)11-7-3-2-4-8-11/h2-9H,1H3,(H,20,22)(H,21,23,24)/p+1/t15-/m1/s1. The summed E-state index contributed by atoms with van der Waals surface area (Å²) in [7, 11) is 0. The van der Waals surface area contributed by atoms with Crippen LogP contribution >= 0.6 is 0 Å². The molecule has 1 amide bonds. The minimum absolute atomic E-state index is 0.0422. The molecule has 3 rings (SSSR count). The van der Waals surface area contributed by atoms with Crippen molar-refractivity contribution in [2.75, 3.05) is 5.32 Å². The first-order valence-electron chi connectivity index (χ1n) is 7.12. The second kappa shape index (κ2) is 5.63. The summed E-state index contributed by atoms with van der Waals surface area (Å²) < 4.78 is 41.1. The molecule has 2 heterocycles. The number of benzene rings is 1. The number of aromatic nitrogens is 1. The number of nitrogens with one attached hydrogen (secondary N) is 3. The number of aliphatic imine (C=N–C) groups is 1. The van der Waals surface area contributed by atoms with Gasteiger partial charge in [-0.2, -0.15) is 13.2 Å². The molecule has 0 radical (unpaired) electrons. The molecule has 2 aromatic rings. The van der Waals surface area contributed by atoms with Gasteiger partial charge in [-0.05, 0) is 13.0 Å². The van der Waals surface area contributed by atoms with E-state index < -0.39 is 17.7 Å². The molecule has 1 aliphatic rings. The van der Waals surface area contributed by atoms with Gasteiger partial charge in [0.15, 0.2) is 0 Å². The number of hydrogen-bond acceptors (Lipinski definition) is 3. The van der Waals surface area contributed by atoms with Crippen LogP contribution in [0.25, 0.3) is 0 Å². The van der Waals surface area contributed by atoms with Crippen LogP contribution in [0, 0.1) is 6.92 Å². The highest BCUT2D eigenvalue weighted by molar-refractivity contribution is 6.16. The summed E-state index contributed by atoms with van der Waals surface area (Å²) in [4.78, 5) is 18.6. The lowest BCUT2D eigenvalue weighted by Crippen LogP contribution is -2.57. The van der Waals surface area contributed by atoms with Gasteiger partial charge in [0.25, 0.3) is 5.82 Å². The summed E-state index contributed by atoms with van der Waals surface area (Å²) in [6.07, 6.45) is -4.93.